The number of benzene rings is 1. The monoisotopic (exact) mass is 530 g/mol. The van der Waals surface area contributed by atoms with Crippen LogP contribution in [0.4, 0.5) is 10.1 Å². The minimum atomic E-state index is -0.518. The van der Waals surface area contributed by atoms with E-state index >= 15 is 0 Å². The summed E-state index contributed by atoms with van der Waals surface area (Å²) >= 11 is 0. The Kier molecular flexibility index (Phi) is 7.04. The van der Waals surface area contributed by atoms with Crippen LogP contribution < -0.4 is 10.2 Å². The van der Waals surface area contributed by atoms with Gasteiger partial charge in [0.15, 0.2) is 0 Å². The second-order valence-electron chi connectivity index (χ2n) is 11.9. The number of anilines is 1. The normalized spacial score (nSPS) is 20.1. The molecule has 2 aliphatic heterocycles. The molecule has 9 heteroatoms. The minimum Gasteiger partial charge on any atom is -0.366 e. The lowest BCUT2D eigenvalue weighted by Gasteiger charge is -2.48. The van der Waals surface area contributed by atoms with Crippen LogP contribution in [0.25, 0.3) is 22.3 Å². The Balaban J connectivity index is 1.66. The maximum absolute atomic E-state index is 14.3. The molecule has 204 valence electrons. The fraction of sp³-hybridized carbons (Fsp3) is 0.467. The Labute approximate surface area is 228 Å². The molecule has 0 radical (unpaired) electrons. The fourth-order valence-electron chi connectivity index (χ4n) is 5.94. The SMILES string of the molecule is CN(C[C@@H]1CCCN1)C(=O)c1c(N2CC(C)(C)OC(C)(C)C2)cnc2ccc(-c3cc(F)cc(C#N)c3)nc12. The standard InChI is InChI=1S/C30H35FN6O2/c1-29(2)17-37(18-30(3,4)39-29)25-15-34-24-9-8-23(20-11-19(14-32)12-21(31)13-20)35-27(24)26(25)28(38)36(5)16-22-7-6-10-33-22/h8-9,11-13,15,22,33H,6-7,10,16-18H2,1-5H3/t22-/m0/s1. The molecule has 0 unspecified atom stereocenters. The summed E-state index contributed by atoms with van der Waals surface area (Å²) in [6.45, 7) is 10.9. The molecule has 1 aromatic carbocycles. The summed E-state index contributed by atoms with van der Waals surface area (Å²) < 4.78 is 20.6. The van der Waals surface area contributed by atoms with Gasteiger partial charge in [-0.25, -0.2) is 9.37 Å². The number of morpholine rings is 1. The first kappa shape index (κ1) is 27.0. The average molecular weight is 531 g/mol. The Morgan fingerprint density at radius 2 is 1.97 bits per heavy atom. The molecule has 0 aliphatic carbocycles. The van der Waals surface area contributed by atoms with Crippen molar-refractivity contribution in [2.24, 2.45) is 0 Å². The van der Waals surface area contributed by atoms with Crippen LogP contribution in [0.3, 0.4) is 0 Å². The average Bonchev–Trinajstić information content (AvgIpc) is 3.38. The topological polar surface area (TPSA) is 94.4 Å². The predicted molar refractivity (Wildman–Crippen MR) is 149 cm³/mol. The number of pyridine rings is 2. The number of amides is 1. The highest BCUT2D eigenvalue weighted by Gasteiger charge is 2.40. The molecule has 0 saturated carbocycles. The van der Waals surface area contributed by atoms with Gasteiger partial charge in [-0.3, -0.25) is 9.78 Å². The Morgan fingerprint density at radius 1 is 1.23 bits per heavy atom. The van der Waals surface area contributed by atoms with Gasteiger partial charge in [0.05, 0.1) is 51.5 Å². The maximum Gasteiger partial charge on any atom is 0.258 e. The minimum absolute atomic E-state index is 0.144. The largest absolute Gasteiger partial charge is 0.366 e. The highest BCUT2D eigenvalue weighted by molar-refractivity contribution is 6.09. The van der Waals surface area contributed by atoms with Gasteiger partial charge in [0.1, 0.15) is 11.3 Å². The molecule has 5 rings (SSSR count). The number of aromatic nitrogens is 2. The lowest BCUT2D eigenvalue weighted by Crippen LogP contribution is -2.57. The highest BCUT2D eigenvalue weighted by Crippen LogP contribution is 2.36. The van der Waals surface area contributed by atoms with Crippen molar-refractivity contribution in [3.05, 3.63) is 53.5 Å². The second-order valence-corrected chi connectivity index (χ2v) is 11.9. The number of nitrogens with zero attached hydrogens (tertiary/aromatic N) is 5. The van der Waals surface area contributed by atoms with Crippen LogP contribution in [0.15, 0.2) is 36.5 Å². The molecule has 0 bridgehead atoms. The number of nitrogens with one attached hydrogen (secondary N) is 1. The van der Waals surface area contributed by atoms with Crippen LogP contribution in [0.1, 0.15) is 56.5 Å². The number of ether oxygens (including phenoxy) is 1. The molecule has 39 heavy (non-hydrogen) atoms. The van der Waals surface area contributed by atoms with Gasteiger partial charge in [-0.15, -0.1) is 0 Å². The number of fused-ring (bicyclic) bond motifs is 1. The number of hydrogen-bond acceptors (Lipinski definition) is 7. The summed E-state index contributed by atoms with van der Waals surface area (Å²) in [5, 5.41) is 12.8. The maximum atomic E-state index is 14.3. The summed E-state index contributed by atoms with van der Waals surface area (Å²) in [7, 11) is 1.82. The van der Waals surface area contributed by atoms with Crippen LogP contribution in [0, 0.1) is 17.1 Å². The van der Waals surface area contributed by atoms with Gasteiger partial charge in [0.2, 0.25) is 0 Å². The Morgan fingerprint density at radius 3 is 2.64 bits per heavy atom. The number of rotatable bonds is 5. The first-order valence-electron chi connectivity index (χ1n) is 13.4. The van der Waals surface area contributed by atoms with E-state index in [0.717, 1.165) is 19.4 Å². The zero-order valence-corrected chi connectivity index (χ0v) is 23.2. The van der Waals surface area contributed by atoms with Crippen molar-refractivity contribution >= 4 is 22.6 Å². The van der Waals surface area contributed by atoms with Gasteiger partial charge < -0.3 is 19.9 Å². The van der Waals surface area contributed by atoms with Crippen molar-refractivity contribution in [1.82, 2.24) is 20.2 Å². The van der Waals surface area contributed by atoms with E-state index in [4.69, 9.17) is 9.72 Å². The van der Waals surface area contributed by atoms with Crippen molar-refractivity contribution in [2.45, 2.75) is 57.8 Å². The third-order valence-corrected chi connectivity index (χ3v) is 7.27. The third kappa shape index (κ3) is 5.72. The van der Waals surface area contributed by atoms with E-state index in [0.29, 0.717) is 53.2 Å². The van der Waals surface area contributed by atoms with Crippen LogP contribution in [0.5, 0.6) is 0 Å². The molecule has 3 aromatic rings. The van der Waals surface area contributed by atoms with Gasteiger partial charge in [0.25, 0.3) is 5.91 Å². The Bertz CT molecular complexity index is 1440. The summed E-state index contributed by atoms with van der Waals surface area (Å²) in [5.74, 6) is -0.662. The molecule has 1 N–H and O–H groups in total. The molecule has 1 atom stereocenters. The summed E-state index contributed by atoms with van der Waals surface area (Å²) in [6.07, 6.45) is 3.87. The van der Waals surface area contributed by atoms with Crippen molar-refractivity contribution in [1.29, 1.82) is 5.26 Å². The van der Waals surface area contributed by atoms with Gasteiger partial charge in [-0.2, -0.15) is 5.26 Å². The molecule has 2 aliphatic rings. The number of carbonyl (C=O) groups excluding carboxylic acids is 1. The lowest BCUT2D eigenvalue weighted by atomic mass is 9.97. The summed E-state index contributed by atoms with van der Waals surface area (Å²) in [6, 6.07) is 9.91. The first-order chi connectivity index (χ1) is 18.4. The zero-order valence-electron chi connectivity index (χ0n) is 23.2. The zero-order chi connectivity index (χ0) is 27.9. The van der Waals surface area contributed by atoms with Crippen LogP contribution in [-0.4, -0.2) is 71.2 Å². The third-order valence-electron chi connectivity index (χ3n) is 7.27. The van der Waals surface area contributed by atoms with Crippen molar-refractivity contribution in [3.8, 4) is 17.3 Å². The number of halogens is 1. The van der Waals surface area contributed by atoms with E-state index in [2.05, 4.69) is 15.2 Å². The van der Waals surface area contributed by atoms with Gasteiger partial charge in [-0.05, 0) is 77.4 Å². The summed E-state index contributed by atoms with van der Waals surface area (Å²) in [5.41, 5.74) is 2.44. The molecular formula is C30H35FN6O2. The molecular weight excluding hydrogens is 495 g/mol. The van der Waals surface area contributed by atoms with Gasteiger partial charge in [-0.1, -0.05) is 0 Å². The van der Waals surface area contributed by atoms with E-state index < -0.39 is 17.0 Å². The number of carbonyl (C=O) groups is 1. The van der Waals surface area contributed by atoms with Crippen molar-refractivity contribution in [3.63, 3.8) is 0 Å². The van der Waals surface area contributed by atoms with E-state index in [1.54, 1.807) is 29.3 Å². The first-order valence-corrected chi connectivity index (χ1v) is 13.4. The van der Waals surface area contributed by atoms with Crippen molar-refractivity contribution < 1.29 is 13.9 Å². The summed E-state index contributed by atoms with van der Waals surface area (Å²) in [4.78, 5) is 27.7. The van der Waals surface area contributed by atoms with Crippen LogP contribution >= 0.6 is 0 Å². The van der Waals surface area contributed by atoms with Crippen molar-refractivity contribution in [2.75, 3.05) is 38.1 Å². The van der Waals surface area contributed by atoms with Gasteiger partial charge in [0, 0.05) is 38.3 Å². The van der Waals surface area contributed by atoms with Crippen LogP contribution in [0.2, 0.25) is 0 Å². The lowest BCUT2D eigenvalue weighted by molar-refractivity contribution is -0.133. The van der Waals surface area contributed by atoms with Crippen LogP contribution in [-0.2, 0) is 4.74 Å². The van der Waals surface area contributed by atoms with E-state index in [1.165, 1.54) is 12.1 Å². The highest BCUT2D eigenvalue weighted by atomic mass is 19.1. The number of nitriles is 1. The van der Waals surface area contributed by atoms with E-state index in [-0.39, 0.29) is 17.5 Å². The molecule has 8 nitrogen and oxygen atoms in total. The van der Waals surface area contributed by atoms with Gasteiger partial charge >= 0.3 is 0 Å². The fourth-order valence-corrected chi connectivity index (χ4v) is 5.94. The number of hydrogen-bond donors (Lipinski definition) is 1. The molecule has 2 fully saturated rings. The van der Waals surface area contributed by atoms with E-state index in [1.807, 2.05) is 40.8 Å². The molecule has 0 spiro atoms. The predicted octanol–water partition coefficient (Wildman–Crippen LogP) is 4.53. The molecule has 1 amide bonds. The Hall–Kier alpha value is -3.61. The van der Waals surface area contributed by atoms with E-state index in [9.17, 15) is 14.4 Å². The molecule has 2 aromatic heterocycles. The quantitative estimate of drug-likeness (QED) is 0.518. The molecule has 2 saturated heterocycles. The number of likely N-dealkylation sites (N-methyl/N-ethyl adjacent to an activating group) is 1. The second kappa shape index (κ2) is 10.2. The molecule has 4 heterocycles. The smallest absolute Gasteiger partial charge is 0.258 e.